The number of hydrogen-bond acceptors (Lipinski definition) is 4. The SMILES string of the molecule is CN=C(NCCCn1cnc2ccccc21)N1CCN(c2ccccc2O)CC1. The molecule has 3 aromatic rings. The van der Waals surface area contributed by atoms with Gasteiger partial charge in [0.15, 0.2) is 5.96 Å². The minimum Gasteiger partial charge on any atom is -0.506 e. The van der Waals surface area contributed by atoms with Crippen molar-refractivity contribution in [2.24, 2.45) is 4.99 Å². The maximum atomic E-state index is 10.1. The van der Waals surface area contributed by atoms with Gasteiger partial charge in [-0.3, -0.25) is 4.99 Å². The van der Waals surface area contributed by atoms with Crippen molar-refractivity contribution in [1.29, 1.82) is 0 Å². The highest BCUT2D eigenvalue weighted by Gasteiger charge is 2.21. The number of para-hydroxylation sites is 4. The number of rotatable bonds is 5. The number of fused-ring (bicyclic) bond motifs is 1. The molecule has 0 aliphatic carbocycles. The number of nitrogens with zero attached hydrogens (tertiary/aromatic N) is 5. The largest absolute Gasteiger partial charge is 0.506 e. The lowest BCUT2D eigenvalue weighted by atomic mass is 10.2. The van der Waals surface area contributed by atoms with E-state index < -0.39 is 0 Å². The van der Waals surface area contributed by atoms with Crippen LogP contribution in [0.4, 0.5) is 5.69 Å². The predicted octanol–water partition coefficient (Wildman–Crippen LogP) is 2.53. The van der Waals surface area contributed by atoms with Crippen LogP contribution in [0.25, 0.3) is 11.0 Å². The second-order valence-electron chi connectivity index (χ2n) is 7.22. The third-order valence-corrected chi connectivity index (χ3v) is 5.40. The van der Waals surface area contributed by atoms with Crippen LogP contribution in [0, 0.1) is 0 Å². The van der Waals surface area contributed by atoms with Crippen molar-refractivity contribution in [3.05, 3.63) is 54.9 Å². The standard InChI is InChI=1S/C22H28N6O/c1-23-22(24-11-6-12-28-17-25-18-7-2-3-8-19(18)28)27-15-13-26(14-16-27)20-9-4-5-10-21(20)29/h2-5,7-10,17,29H,6,11-16H2,1H3,(H,23,24). The summed E-state index contributed by atoms with van der Waals surface area (Å²) in [5, 5.41) is 13.6. The molecule has 2 aromatic carbocycles. The first-order valence-electron chi connectivity index (χ1n) is 10.1. The summed E-state index contributed by atoms with van der Waals surface area (Å²) in [6.45, 7) is 5.25. The number of piperazine rings is 1. The highest BCUT2D eigenvalue weighted by atomic mass is 16.3. The number of hydrogen-bond donors (Lipinski definition) is 2. The van der Waals surface area contributed by atoms with Gasteiger partial charge in [-0.25, -0.2) is 4.98 Å². The first kappa shape index (κ1) is 19.1. The zero-order chi connectivity index (χ0) is 20.1. The summed E-state index contributed by atoms with van der Waals surface area (Å²) in [4.78, 5) is 13.4. The van der Waals surface area contributed by atoms with Crippen molar-refractivity contribution < 1.29 is 5.11 Å². The van der Waals surface area contributed by atoms with Crippen molar-refractivity contribution in [2.75, 3.05) is 44.7 Å². The molecule has 2 N–H and O–H groups in total. The molecule has 1 aliphatic rings. The Morgan fingerprint density at radius 1 is 1.07 bits per heavy atom. The number of phenols is 1. The summed E-state index contributed by atoms with van der Waals surface area (Å²) in [5.41, 5.74) is 3.12. The highest BCUT2D eigenvalue weighted by molar-refractivity contribution is 5.80. The van der Waals surface area contributed by atoms with Crippen LogP contribution in [0.15, 0.2) is 59.9 Å². The van der Waals surface area contributed by atoms with Gasteiger partial charge in [-0.05, 0) is 30.7 Å². The fourth-order valence-corrected chi connectivity index (χ4v) is 3.86. The van der Waals surface area contributed by atoms with Gasteiger partial charge in [-0.15, -0.1) is 0 Å². The van der Waals surface area contributed by atoms with Crippen molar-refractivity contribution in [3.8, 4) is 5.75 Å². The maximum absolute atomic E-state index is 10.1. The minimum atomic E-state index is 0.343. The fraction of sp³-hybridized carbons (Fsp3) is 0.364. The van der Waals surface area contributed by atoms with E-state index in [0.29, 0.717) is 5.75 Å². The zero-order valence-corrected chi connectivity index (χ0v) is 16.8. The fourth-order valence-electron chi connectivity index (χ4n) is 3.86. The molecule has 1 saturated heterocycles. The van der Waals surface area contributed by atoms with Gasteiger partial charge in [-0.2, -0.15) is 0 Å². The predicted molar refractivity (Wildman–Crippen MR) is 118 cm³/mol. The third kappa shape index (κ3) is 4.29. The average molecular weight is 393 g/mol. The van der Waals surface area contributed by atoms with Crippen molar-refractivity contribution in [3.63, 3.8) is 0 Å². The molecule has 2 heterocycles. The maximum Gasteiger partial charge on any atom is 0.193 e. The van der Waals surface area contributed by atoms with Gasteiger partial charge in [0.2, 0.25) is 0 Å². The number of nitrogens with one attached hydrogen (secondary N) is 1. The summed E-state index contributed by atoms with van der Waals surface area (Å²) in [5.74, 6) is 1.29. The number of aromatic hydroxyl groups is 1. The lowest BCUT2D eigenvalue weighted by molar-refractivity contribution is 0.369. The Morgan fingerprint density at radius 3 is 2.62 bits per heavy atom. The van der Waals surface area contributed by atoms with Crippen LogP contribution in [-0.2, 0) is 6.54 Å². The molecule has 0 spiro atoms. The molecule has 0 amide bonds. The third-order valence-electron chi connectivity index (χ3n) is 5.40. The normalized spacial score (nSPS) is 15.1. The molecule has 0 unspecified atom stereocenters. The van der Waals surface area contributed by atoms with Gasteiger partial charge in [0.1, 0.15) is 5.75 Å². The number of aliphatic imine (C=N–C) groups is 1. The summed E-state index contributed by atoms with van der Waals surface area (Å²) >= 11 is 0. The first-order chi connectivity index (χ1) is 14.3. The number of guanidine groups is 1. The van der Waals surface area contributed by atoms with E-state index in [2.05, 4.69) is 41.8 Å². The molecular formula is C22H28N6O. The molecular weight excluding hydrogens is 364 g/mol. The smallest absolute Gasteiger partial charge is 0.193 e. The lowest BCUT2D eigenvalue weighted by Crippen LogP contribution is -2.52. The van der Waals surface area contributed by atoms with Crippen LogP contribution in [0.3, 0.4) is 0 Å². The Hall–Kier alpha value is -3.22. The summed E-state index contributed by atoms with van der Waals surface area (Å²) in [7, 11) is 1.83. The molecule has 1 fully saturated rings. The highest BCUT2D eigenvalue weighted by Crippen LogP contribution is 2.27. The van der Waals surface area contributed by atoms with Crippen LogP contribution in [0.1, 0.15) is 6.42 Å². The first-order valence-corrected chi connectivity index (χ1v) is 10.1. The van der Waals surface area contributed by atoms with E-state index in [1.807, 2.05) is 43.7 Å². The topological polar surface area (TPSA) is 68.9 Å². The summed E-state index contributed by atoms with van der Waals surface area (Å²) < 4.78 is 2.20. The van der Waals surface area contributed by atoms with Crippen LogP contribution in [0.5, 0.6) is 5.75 Å². The second-order valence-corrected chi connectivity index (χ2v) is 7.22. The molecule has 152 valence electrons. The Labute approximate surface area is 171 Å². The number of aryl methyl sites for hydroxylation is 1. The van der Waals surface area contributed by atoms with Gasteiger partial charge in [-0.1, -0.05) is 24.3 Å². The Kier molecular flexibility index (Phi) is 5.84. The number of phenolic OH excluding ortho intramolecular Hbond substituents is 1. The van der Waals surface area contributed by atoms with Gasteiger partial charge < -0.3 is 24.8 Å². The quantitative estimate of drug-likeness (QED) is 0.397. The molecule has 0 saturated carbocycles. The molecule has 0 atom stereocenters. The second kappa shape index (κ2) is 8.86. The number of imidazole rings is 1. The van der Waals surface area contributed by atoms with Crippen molar-refractivity contribution in [2.45, 2.75) is 13.0 Å². The molecule has 1 aromatic heterocycles. The van der Waals surface area contributed by atoms with Gasteiger partial charge in [0.05, 0.1) is 23.0 Å². The van der Waals surface area contributed by atoms with Gasteiger partial charge >= 0.3 is 0 Å². The van der Waals surface area contributed by atoms with E-state index >= 15 is 0 Å². The molecule has 7 heteroatoms. The molecule has 0 radical (unpaired) electrons. The van der Waals surface area contributed by atoms with Crippen molar-refractivity contribution in [1.82, 2.24) is 19.8 Å². The Balaban J connectivity index is 1.25. The van der Waals surface area contributed by atoms with E-state index in [1.54, 1.807) is 6.07 Å². The Bertz CT molecular complexity index is 974. The number of aromatic nitrogens is 2. The van der Waals surface area contributed by atoms with E-state index in [-0.39, 0.29) is 0 Å². The molecule has 1 aliphatic heterocycles. The lowest BCUT2D eigenvalue weighted by Gasteiger charge is -2.37. The molecule has 0 bridgehead atoms. The van der Waals surface area contributed by atoms with Crippen LogP contribution in [-0.4, -0.2) is 65.3 Å². The number of anilines is 1. The molecule has 29 heavy (non-hydrogen) atoms. The van der Waals surface area contributed by atoms with Gasteiger partial charge in [0, 0.05) is 46.3 Å². The van der Waals surface area contributed by atoms with Crippen LogP contribution >= 0.6 is 0 Å². The van der Waals surface area contributed by atoms with E-state index in [9.17, 15) is 5.11 Å². The van der Waals surface area contributed by atoms with Crippen LogP contribution < -0.4 is 10.2 Å². The van der Waals surface area contributed by atoms with E-state index in [0.717, 1.165) is 62.9 Å². The number of benzene rings is 2. The van der Waals surface area contributed by atoms with E-state index in [4.69, 9.17) is 0 Å². The summed E-state index contributed by atoms with van der Waals surface area (Å²) in [6.07, 6.45) is 2.91. The monoisotopic (exact) mass is 392 g/mol. The zero-order valence-electron chi connectivity index (χ0n) is 16.8. The Morgan fingerprint density at radius 2 is 1.83 bits per heavy atom. The van der Waals surface area contributed by atoms with E-state index in [1.165, 1.54) is 5.52 Å². The average Bonchev–Trinajstić information content (AvgIpc) is 3.18. The molecule has 7 nitrogen and oxygen atoms in total. The summed E-state index contributed by atoms with van der Waals surface area (Å²) in [6, 6.07) is 15.8. The van der Waals surface area contributed by atoms with Crippen molar-refractivity contribution >= 4 is 22.7 Å². The van der Waals surface area contributed by atoms with Gasteiger partial charge in [0.25, 0.3) is 0 Å². The molecule has 4 rings (SSSR count). The van der Waals surface area contributed by atoms with Crippen LogP contribution in [0.2, 0.25) is 0 Å². The minimum absolute atomic E-state index is 0.343.